The number of rotatable bonds is 5. The van der Waals surface area contributed by atoms with Crippen molar-refractivity contribution < 1.29 is 4.79 Å². The van der Waals surface area contributed by atoms with Crippen LogP contribution in [0.1, 0.15) is 6.42 Å². The second-order valence-electron chi connectivity index (χ2n) is 4.89. The number of fused-ring (bicyclic) bond motifs is 1. The SMILES string of the molecule is CNC(=O)CCNc1nc2c(cnn2-c2ccccc2)c(=O)[nH]1. The molecule has 0 aliphatic carbocycles. The summed E-state index contributed by atoms with van der Waals surface area (Å²) >= 11 is 0. The zero-order chi connectivity index (χ0) is 16.2. The maximum atomic E-state index is 12.1. The van der Waals surface area contributed by atoms with Crippen molar-refractivity contribution in [3.05, 3.63) is 46.9 Å². The molecular weight excluding hydrogens is 296 g/mol. The van der Waals surface area contributed by atoms with Crippen LogP contribution in [0.3, 0.4) is 0 Å². The minimum absolute atomic E-state index is 0.0877. The Hall–Kier alpha value is -3.16. The number of amides is 1. The molecule has 1 amide bonds. The standard InChI is InChI=1S/C15H16N6O2/c1-16-12(22)7-8-17-15-19-13-11(14(23)20-15)9-18-21(13)10-5-3-2-4-6-10/h2-6,9H,7-8H2,1H3,(H,16,22)(H2,17,19,20,23). The molecule has 0 radical (unpaired) electrons. The number of nitrogens with one attached hydrogen (secondary N) is 3. The van der Waals surface area contributed by atoms with Crippen LogP contribution in [0.15, 0.2) is 41.3 Å². The zero-order valence-corrected chi connectivity index (χ0v) is 12.5. The van der Waals surface area contributed by atoms with E-state index in [0.717, 1.165) is 5.69 Å². The summed E-state index contributed by atoms with van der Waals surface area (Å²) in [7, 11) is 1.58. The Morgan fingerprint density at radius 2 is 2.09 bits per heavy atom. The van der Waals surface area contributed by atoms with Crippen LogP contribution in [0.25, 0.3) is 16.7 Å². The van der Waals surface area contributed by atoms with Crippen molar-refractivity contribution in [1.29, 1.82) is 0 Å². The maximum Gasteiger partial charge on any atom is 0.263 e. The summed E-state index contributed by atoms with van der Waals surface area (Å²) in [6.45, 7) is 0.369. The average Bonchev–Trinajstić information content (AvgIpc) is 3.00. The molecule has 0 aliphatic rings. The highest BCUT2D eigenvalue weighted by molar-refractivity contribution is 5.77. The largest absolute Gasteiger partial charge is 0.359 e. The van der Waals surface area contributed by atoms with Crippen molar-refractivity contribution in [1.82, 2.24) is 25.1 Å². The molecule has 0 spiro atoms. The Morgan fingerprint density at radius 1 is 1.30 bits per heavy atom. The molecule has 3 aromatic rings. The number of para-hydroxylation sites is 1. The van der Waals surface area contributed by atoms with Gasteiger partial charge in [-0.05, 0) is 12.1 Å². The fourth-order valence-electron chi connectivity index (χ4n) is 2.18. The van der Waals surface area contributed by atoms with Gasteiger partial charge in [0.05, 0.1) is 11.9 Å². The first-order valence-electron chi connectivity index (χ1n) is 7.17. The smallest absolute Gasteiger partial charge is 0.263 e. The number of hydrogen-bond acceptors (Lipinski definition) is 5. The van der Waals surface area contributed by atoms with Crippen LogP contribution in [0.5, 0.6) is 0 Å². The maximum absolute atomic E-state index is 12.1. The molecule has 0 unspecified atom stereocenters. The lowest BCUT2D eigenvalue weighted by Crippen LogP contribution is -2.22. The van der Waals surface area contributed by atoms with Crippen LogP contribution in [0, 0.1) is 0 Å². The fourth-order valence-corrected chi connectivity index (χ4v) is 2.18. The van der Waals surface area contributed by atoms with Crippen LogP contribution in [0.2, 0.25) is 0 Å². The highest BCUT2D eigenvalue weighted by Crippen LogP contribution is 2.14. The van der Waals surface area contributed by atoms with E-state index in [1.807, 2.05) is 30.3 Å². The zero-order valence-electron chi connectivity index (χ0n) is 12.5. The summed E-state index contributed by atoms with van der Waals surface area (Å²) in [6, 6.07) is 9.44. The number of aromatic nitrogens is 4. The molecule has 0 atom stereocenters. The third-order valence-electron chi connectivity index (χ3n) is 3.36. The van der Waals surface area contributed by atoms with Crippen LogP contribution in [-0.4, -0.2) is 39.2 Å². The number of nitrogens with zero attached hydrogens (tertiary/aromatic N) is 3. The second kappa shape index (κ2) is 6.30. The third-order valence-corrected chi connectivity index (χ3v) is 3.36. The monoisotopic (exact) mass is 312 g/mol. The van der Waals surface area contributed by atoms with E-state index in [1.165, 1.54) is 6.20 Å². The summed E-state index contributed by atoms with van der Waals surface area (Å²) in [5.41, 5.74) is 0.999. The number of anilines is 1. The molecule has 3 N–H and O–H groups in total. The van der Waals surface area contributed by atoms with E-state index in [4.69, 9.17) is 0 Å². The van der Waals surface area contributed by atoms with Crippen molar-refractivity contribution in [2.75, 3.05) is 18.9 Å². The van der Waals surface area contributed by atoms with E-state index in [1.54, 1.807) is 11.7 Å². The molecule has 2 heterocycles. The molecule has 1 aromatic carbocycles. The molecule has 0 bridgehead atoms. The van der Waals surface area contributed by atoms with Crippen molar-refractivity contribution in [2.24, 2.45) is 0 Å². The van der Waals surface area contributed by atoms with E-state index < -0.39 is 0 Å². The van der Waals surface area contributed by atoms with Crippen molar-refractivity contribution >= 4 is 22.9 Å². The van der Waals surface area contributed by atoms with E-state index in [2.05, 4.69) is 25.7 Å². The van der Waals surface area contributed by atoms with E-state index in [0.29, 0.717) is 23.5 Å². The molecule has 0 saturated carbocycles. The van der Waals surface area contributed by atoms with Gasteiger partial charge in [0.2, 0.25) is 11.9 Å². The van der Waals surface area contributed by atoms with Crippen molar-refractivity contribution in [3.63, 3.8) is 0 Å². The van der Waals surface area contributed by atoms with Gasteiger partial charge in [-0.1, -0.05) is 18.2 Å². The summed E-state index contributed by atoms with van der Waals surface area (Å²) < 4.78 is 1.61. The first-order chi connectivity index (χ1) is 11.2. The second-order valence-corrected chi connectivity index (χ2v) is 4.89. The lowest BCUT2D eigenvalue weighted by molar-refractivity contribution is -0.120. The van der Waals surface area contributed by atoms with E-state index in [9.17, 15) is 9.59 Å². The Morgan fingerprint density at radius 3 is 2.83 bits per heavy atom. The Balaban J connectivity index is 1.93. The molecule has 0 saturated heterocycles. The minimum Gasteiger partial charge on any atom is -0.359 e. The third kappa shape index (κ3) is 3.05. The first kappa shape index (κ1) is 14.8. The van der Waals surface area contributed by atoms with Gasteiger partial charge in [-0.2, -0.15) is 10.1 Å². The first-order valence-corrected chi connectivity index (χ1v) is 7.17. The fraction of sp³-hybridized carbons (Fsp3) is 0.200. The average molecular weight is 312 g/mol. The van der Waals surface area contributed by atoms with Crippen LogP contribution in [-0.2, 0) is 4.79 Å². The van der Waals surface area contributed by atoms with Gasteiger partial charge in [0.15, 0.2) is 5.65 Å². The van der Waals surface area contributed by atoms with Crippen molar-refractivity contribution in [2.45, 2.75) is 6.42 Å². The molecule has 8 heteroatoms. The molecule has 0 aliphatic heterocycles. The highest BCUT2D eigenvalue weighted by Gasteiger charge is 2.11. The lowest BCUT2D eigenvalue weighted by atomic mass is 10.3. The van der Waals surface area contributed by atoms with Crippen LogP contribution in [0.4, 0.5) is 5.95 Å². The van der Waals surface area contributed by atoms with Crippen LogP contribution >= 0.6 is 0 Å². The van der Waals surface area contributed by atoms with Gasteiger partial charge in [0.25, 0.3) is 5.56 Å². The molecular formula is C15H16N6O2. The van der Waals surface area contributed by atoms with Gasteiger partial charge in [0.1, 0.15) is 5.39 Å². The highest BCUT2D eigenvalue weighted by atomic mass is 16.1. The Kier molecular flexibility index (Phi) is 4.05. The predicted octanol–water partition coefficient (Wildman–Crippen LogP) is 0.657. The van der Waals surface area contributed by atoms with Gasteiger partial charge in [-0.3, -0.25) is 14.6 Å². The van der Waals surface area contributed by atoms with Gasteiger partial charge in [-0.25, -0.2) is 4.68 Å². The van der Waals surface area contributed by atoms with Crippen LogP contribution < -0.4 is 16.2 Å². The van der Waals surface area contributed by atoms with Gasteiger partial charge in [0, 0.05) is 20.0 Å². The minimum atomic E-state index is -0.278. The molecule has 8 nitrogen and oxygen atoms in total. The number of aromatic amines is 1. The van der Waals surface area contributed by atoms with Gasteiger partial charge >= 0.3 is 0 Å². The summed E-state index contributed by atoms with van der Waals surface area (Å²) in [6.07, 6.45) is 1.78. The molecule has 23 heavy (non-hydrogen) atoms. The number of carbonyl (C=O) groups is 1. The summed E-state index contributed by atoms with van der Waals surface area (Å²) in [4.78, 5) is 30.4. The van der Waals surface area contributed by atoms with Gasteiger partial charge in [-0.15, -0.1) is 0 Å². The normalized spacial score (nSPS) is 10.7. The molecule has 0 fully saturated rings. The van der Waals surface area contributed by atoms with Crippen molar-refractivity contribution in [3.8, 4) is 5.69 Å². The number of hydrogen-bond donors (Lipinski definition) is 3. The topological polar surface area (TPSA) is 105 Å². The van der Waals surface area contributed by atoms with Gasteiger partial charge < -0.3 is 10.6 Å². The quantitative estimate of drug-likeness (QED) is 0.642. The summed E-state index contributed by atoms with van der Waals surface area (Å²) in [5, 5.41) is 10.1. The van der Waals surface area contributed by atoms with E-state index >= 15 is 0 Å². The predicted molar refractivity (Wildman–Crippen MR) is 86.7 cm³/mol. The molecule has 3 rings (SSSR count). The molecule has 118 valence electrons. The molecule has 2 aromatic heterocycles. The Labute approximate surface area is 131 Å². The van der Waals surface area contributed by atoms with E-state index in [-0.39, 0.29) is 17.9 Å². The summed E-state index contributed by atoms with van der Waals surface area (Å²) in [5.74, 6) is 0.222. The number of benzene rings is 1. The Bertz CT molecular complexity index is 884. The lowest BCUT2D eigenvalue weighted by Gasteiger charge is -2.06. The number of H-pyrrole nitrogens is 1. The number of carbonyl (C=O) groups excluding carboxylic acids is 1.